The Hall–Kier alpha value is -1.89. The first-order valence-corrected chi connectivity index (χ1v) is 8.56. The van der Waals surface area contributed by atoms with E-state index in [0.29, 0.717) is 6.54 Å². The third-order valence-electron chi connectivity index (χ3n) is 3.61. The molecule has 3 aromatic rings. The lowest BCUT2D eigenvalue weighted by molar-refractivity contribution is 0.0958. The highest BCUT2D eigenvalue weighted by Crippen LogP contribution is 2.30. The molecule has 2 N–H and O–H groups in total. The number of aryl methyl sites for hydroxylation is 1. The number of para-hydroxylation sites is 1. The molecule has 0 radical (unpaired) electrons. The van der Waals surface area contributed by atoms with Crippen LogP contribution in [0.2, 0.25) is 0 Å². The van der Waals surface area contributed by atoms with Crippen molar-refractivity contribution in [3.05, 3.63) is 47.0 Å². The van der Waals surface area contributed by atoms with Crippen molar-refractivity contribution in [3.8, 4) is 5.69 Å². The lowest BCUT2D eigenvalue weighted by Gasteiger charge is -2.04. The standard InChI is InChI=1S/C17H20N4OS.ClH/c1-3-18-9-10-19-16(22)15-11-14-12(2)20-21(17(14)23-15)13-7-5-4-6-8-13;/h4-8,11,18H,3,9-10H2,1-2H3,(H,19,22);1H. The maximum atomic E-state index is 12.3. The third-order valence-corrected chi connectivity index (χ3v) is 4.72. The molecule has 1 amide bonds. The molecule has 7 heteroatoms. The van der Waals surface area contributed by atoms with Crippen LogP contribution in [-0.2, 0) is 0 Å². The molecule has 2 heterocycles. The van der Waals surface area contributed by atoms with E-state index in [2.05, 4.69) is 15.7 Å². The van der Waals surface area contributed by atoms with E-state index in [1.54, 1.807) is 0 Å². The molecule has 2 aromatic heterocycles. The summed E-state index contributed by atoms with van der Waals surface area (Å²) in [6, 6.07) is 11.9. The minimum absolute atomic E-state index is 0. The van der Waals surface area contributed by atoms with Crippen LogP contribution >= 0.6 is 23.7 Å². The highest BCUT2D eigenvalue weighted by molar-refractivity contribution is 7.20. The number of hydrogen-bond donors (Lipinski definition) is 2. The van der Waals surface area contributed by atoms with E-state index in [1.165, 1.54) is 11.3 Å². The molecule has 1 aromatic carbocycles. The van der Waals surface area contributed by atoms with E-state index in [1.807, 2.05) is 54.9 Å². The van der Waals surface area contributed by atoms with Gasteiger partial charge in [0.15, 0.2) is 0 Å². The van der Waals surface area contributed by atoms with Crippen molar-refractivity contribution in [3.63, 3.8) is 0 Å². The lowest BCUT2D eigenvalue weighted by atomic mass is 10.3. The molecule has 0 bridgehead atoms. The molecular formula is C17H21ClN4OS. The second kappa shape index (κ2) is 8.28. The van der Waals surface area contributed by atoms with Gasteiger partial charge in [0, 0.05) is 18.5 Å². The van der Waals surface area contributed by atoms with Crippen LogP contribution in [0.4, 0.5) is 0 Å². The van der Waals surface area contributed by atoms with Gasteiger partial charge in [-0.15, -0.1) is 23.7 Å². The van der Waals surface area contributed by atoms with Gasteiger partial charge in [-0.1, -0.05) is 25.1 Å². The Kier molecular flexibility index (Phi) is 6.36. The summed E-state index contributed by atoms with van der Waals surface area (Å²) in [7, 11) is 0. The third kappa shape index (κ3) is 3.77. The topological polar surface area (TPSA) is 58.9 Å². The zero-order valence-electron chi connectivity index (χ0n) is 13.7. The number of amides is 1. The van der Waals surface area contributed by atoms with E-state index >= 15 is 0 Å². The summed E-state index contributed by atoms with van der Waals surface area (Å²) in [4.78, 5) is 14.0. The Labute approximate surface area is 151 Å². The minimum atomic E-state index is -0.0249. The Morgan fingerprint density at radius 2 is 2.00 bits per heavy atom. The van der Waals surface area contributed by atoms with Crippen molar-refractivity contribution in [2.24, 2.45) is 0 Å². The van der Waals surface area contributed by atoms with Crippen molar-refractivity contribution >= 4 is 39.9 Å². The summed E-state index contributed by atoms with van der Waals surface area (Å²) in [5.41, 5.74) is 1.94. The molecule has 128 valence electrons. The number of thiophene rings is 1. The van der Waals surface area contributed by atoms with E-state index in [0.717, 1.165) is 39.6 Å². The van der Waals surface area contributed by atoms with Crippen LogP contribution in [0.25, 0.3) is 15.9 Å². The molecule has 24 heavy (non-hydrogen) atoms. The maximum Gasteiger partial charge on any atom is 0.261 e. The molecule has 0 atom stereocenters. The first-order chi connectivity index (χ1) is 11.2. The number of nitrogens with one attached hydrogen (secondary N) is 2. The van der Waals surface area contributed by atoms with E-state index in [4.69, 9.17) is 0 Å². The van der Waals surface area contributed by atoms with Gasteiger partial charge in [0.05, 0.1) is 16.3 Å². The summed E-state index contributed by atoms with van der Waals surface area (Å²) >= 11 is 1.48. The average Bonchev–Trinajstić information content (AvgIpc) is 3.13. The van der Waals surface area contributed by atoms with Crippen LogP contribution in [-0.4, -0.2) is 35.3 Å². The van der Waals surface area contributed by atoms with Crippen LogP contribution in [0.3, 0.4) is 0 Å². The Bertz CT molecular complexity index is 813. The summed E-state index contributed by atoms with van der Waals surface area (Å²) in [6.07, 6.45) is 0. The molecule has 0 aliphatic heterocycles. The van der Waals surface area contributed by atoms with E-state index in [9.17, 15) is 4.79 Å². The fourth-order valence-corrected chi connectivity index (χ4v) is 3.53. The molecule has 0 unspecified atom stereocenters. The van der Waals surface area contributed by atoms with Gasteiger partial charge in [0.2, 0.25) is 0 Å². The molecule has 0 saturated heterocycles. The number of aromatic nitrogens is 2. The molecule has 3 rings (SSSR count). The van der Waals surface area contributed by atoms with E-state index < -0.39 is 0 Å². The van der Waals surface area contributed by atoms with Crippen molar-refractivity contribution in [2.45, 2.75) is 13.8 Å². The fourth-order valence-electron chi connectivity index (χ4n) is 2.43. The highest BCUT2D eigenvalue weighted by Gasteiger charge is 2.16. The largest absolute Gasteiger partial charge is 0.350 e. The predicted octanol–water partition coefficient (Wildman–Crippen LogP) is 3.16. The maximum absolute atomic E-state index is 12.3. The van der Waals surface area contributed by atoms with Crippen molar-refractivity contribution in [1.82, 2.24) is 20.4 Å². The lowest BCUT2D eigenvalue weighted by Crippen LogP contribution is -2.31. The van der Waals surface area contributed by atoms with E-state index in [-0.39, 0.29) is 18.3 Å². The van der Waals surface area contributed by atoms with Gasteiger partial charge < -0.3 is 10.6 Å². The van der Waals surface area contributed by atoms with Gasteiger partial charge in [-0.05, 0) is 31.7 Å². The van der Waals surface area contributed by atoms with Gasteiger partial charge in [0.1, 0.15) is 4.83 Å². The predicted molar refractivity (Wildman–Crippen MR) is 102 cm³/mol. The highest BCUT2D eigenvalue weighted by atomic mass is 35.5. The number of fused-ring (bicyclic) bond motifs is 1. The summed E-state index contributed by atoms with van der Waals surface area (Å²) < 4.78 is 1.91. The molecular weight excluding hydrogens is 344 g/mol. The molecule has 0 aliphatic carbocycles. The molecule has 0 saturated carbocycles. The molecule has 0 spiro atoms. The summed E-state index contributed by atoms with van der Waals surface area (Å²) in [6.45, 7) is 6.34. The Morgan fingerprint density at radius 3 is 2.71 bits per heavy atom. The van der Waals surface area contributed by atoms with Gasteiger partial charge in [-0.3, -0.25) is 4.79 Å². The minimum Gasteiger partial charge on any atom is -0.350 e. The number of carbonyl (C=O) groups excluding carboxylic acids is 1. The second-order valence-corrected chi connectivity index (χ2v) is 6.30. The monoisotopic (exact) mass is 364 g/mol. The van der Waals surface area contributed by atoms with Crippen LogP contribution in [0.5, 0.6) is 0 Å². The van der Waals surface area contributed by atoms with Gasteiger partial charge >= 0.3 is 0 Å². The molecule has 5 nitrogen and oxygen atoms in total. The number of nitrogens with zero attached hydrogens (tertiary/aromatic N) is 2. The smallest absolute Gasteiger partial charge is 0.261 e. The first-order valence-electron chi connectivity index (χ1n) is 7.74. The first kappa shape index (κ1) is 18.4. The number of benzene rings is 1. The fraction of sp³-hybridized carbons (Fsp3) is 0.294. The second-order valence-electron chi connectivity index (χ2n) is 5.27. The molecule has 0 fully saturated rings. The van der Waals surface area contributed by atoms with Crippen LogP contribution in [0.15, 0.2) is 36.4 Å². The Morgan fingerprint density at radius 1 is 1.25 bits per heavy atom. The zero-order valence-corrected chi connectivity index (χ0v) is 15.3. The number of rotatable bonds is 6. The number of likely N-dealkylation sites (N-methyl/N-ethyl adjacent to an activating group) is 1. The molecule has 0 aliphatic rings. The quantitative estimate of drug-likeness (QED) is 0.660. The number of carbonyl (C=O) groups is 1. The summed E-state index contributed by atoms with van der Waals surface area (Å²) in [5, 5.41) is 11.8. The number of halogens is 1. The van der Waals surface area contributed by atoms with Crippen LogP contribution < -0.4 is 10.6 Å². The van der Waals surface area contributed by atoms with Crippen molar-refractivity contribution < 1.29 is 4.79 Å². The van der Waals surface area contributed by atoms with Gasteiger partial charge in [-0.25, -0.2) is 4.68 Å². The van der Waals surface area contributed by atoms with Crippen molar-refractivity contribution in [1.29, 1.82) is 0 Å². The zero-order chi connectivity index (χ0) is 16.2. The van der Waals surface area contributed by atoms with Crippen LogP contribution in [0, 0.1) is 6.92 Å². The van der Waals surface area contributed by atoms with Crippen LogP contribution in [0.1, 0.15) is 22.3 Å². The van der Waals surface area contributed by atoms with Crippen molar-refractivity contribution in [2.75, 3.05) is 19.6 Å². The average molecular weight is 365 g/mol. The Balaban J connectivity index is 0.00000208. The van der Waals surface area contributed by atoms with Gasteiger partial charge in [-0.2, -0.15) is 5.10 Å². The SMILES string of the molecule is CCNCCNC(=O)c1cc2c(C)nn(-c3ccccc3)c2s1.Cl. The normalized spacial score (nSPS) is 10.6. The number of hydrogen-bond acceptors (Lipinski definition) is 4. The summed E-state index contributed by atoms with van der Waals surface area (Å²) in [5.74, 6) is -0.0249. The van der Waals surface area contributed by atoms with Gasteiger partial charge in [0.25, 0.3) is 5.91 Å².